The van der Waals surface area contributed by atoms with Crippen molar-refractivity contribution >= 4 is 26.5 Å². The Hall–Kier alpha value is -3.10. The summed E-state index contributed by atoms with van der Waals surface area (Å²) in [5.74, 6) is 0. The Morgan fingerprint density at radius 3 is 2.43 bits per heavy atom. The van der Waals surface area contributed by atoms with Crippen molar-refractivity contribution in [1.82, 2.24) is 24.1 Å². The van der Waals surface area contributed by atoms with Gasteiger partial charge in [-0.15, -0.1) is 0 Å². The lowest BCUT2D eigenvalue weighted by Gasteiger charge is -2.17. The normalized spacial score (nSPS) is 13.6. The SMILES string of the molecule is Cc1ccc(S(=O)(=Nc2ccc3nn(-c4cncnc4)cc3c2)N(C)C)cc1. The minimum absolute atomic E-state index is 0.635. The van der Waals surface area contributed by atoms with Gasteiger partial charge >= 0.3 is 0 Å². The average Bonchev–Trinajstić information content (AvgIpc) is 3.12. The molecular formula is C20H20N6OS. The van der Waals surface area contributed by atoms with Crippen LogP contribution in [0.15, 0.2) is 76.6 Å². The molecule has 4 aromatic rings. The van der Waals surface area contributed by atoms with E-state index in [0.29, 0.717) is 10.6 Å². The molecule has 2 heterocycles. The van der Waals surface area contributed by atoms with E-state index in [2.05, 4.69) is 19.4 Å². The molecule has 0 aliphatic rings. The summed E-state index contributed by atoms with van der Waals surface area (Å²) in [6.45, 7) is 2.00. The van der Waals surface area contributed by atoms with Crippen LogP contribution in [0.4, 0.5) is 5.69 Å². The lowest BCUT2D eigenvalue weighted by molar-refractivity contribution is 0.592. The number of hydrogen-bond acceptors (Lipinski definition) is 5. The van der Waals surface area contributed by atoms with Crippen LogP contribution in [0.1, 0.15) is 5.56 Å². The van der Waals surface area contributed by atoms with E-state index in [1.807, 2.05) is 55.6 Å². The van der Waals surface area contributed by atoms with Crippen LogP contribution in [0.2, 0.25) is 0 Å². The van der Waals surface area contributed by atoms with Crippen molar-refractivity contribution in [3.05, 3.63) is 72.9 Å². The molecule has 7 nitrogen and oxygen atoms in total. The molecule has 0 aliphatic carbocycles. The van der Waals surface area contributed by atoms with E-state index in [1.54, 1.807) is 35.5 Å². The smallest absolute Gasteiger partial charge is 0.144 e. The molecule has 0 spiro atoms. The number of fused-ring (bicyclic) bond motifs is 1. The van der Waals surface area contributed by atoms with Gasteiger partial charge in [0.2, 0.25) is 0 Å². The fourth-order valence-corrected chi connectivity index (χ4v) is 4.40. The molecule has 0 bridgehead atoms. The second-order valence-electron chi connectivity index (χ2n) is 6.63. The Labute approximate surface area is 164 Å². The maximum atomic E-state index is 13.7. The van der Waals surface area contributed by atoms with Crippen molar-refractivity contribution in [1.29, 1.82) is 0 Å². The standard InChI is InChI=1S/C20H20N6OS/c1-15-4-7-19(8-5-15)28(27,25(2)3)24-17-6-9-20-16(10-17)13-26(23-20)18-11-21-14-22-12-18/h4-14H,1-3H3. The maximum absolute atomic E-state index is 13.7. The second kappa shape index (κ2) is 7.14. The highest BCUT2D eigenvalue weighted by Gasteiger charge is 2.16. The summed E-state index contributed by atoms with van der Waals surface area (Å²) in [4.78, 5) is 8.73. The minimum Gasteiger partial charge on any atom is -0.243 e. The van der Waals surface area contributed by atoms with Gasteiger partial charge in [0.05, 0.1) is 28.5 Å². The predicted octanol–water partition coefficient (Wildman–Crippen LogP) is 3.76. The Balaban J connectivity index is 1.81. The van der Waals surface area contributed by atoms with Gasteiger partial charge in [0.1, 0.15) is 21.9 Å². The molecule has 1 unspecified atom stereocenters. The summed E-state index contributed by atoms with van der Waals surface area (Å²) < 4.78 is 21.6. The number of aryl methyl sites for hydroxylation is 1. The van der Waals surface area contributed by atoms with Crippen LogP contribution in [0, 0.1) is 6.92 Å². The van der Waals surface area contributed by atoms with E-state index in [1.165, 1.54) is 6.33 Å². The molecule has 28 heavy (non-hydrogen) atoms. The first-order valence-corrected chi connectivity index (χ1v) is 10.2. The Morgan fingerprint density at radius 2 is 1.75 bits per heavy atom. The molecule has 1 atom stereocenters. The van der Waals surface area contributed by atoms with E-state index < -0.39 is 9.92 Å². The first-order valence-electron chi connectivity index (χ1n) is 8.72. The number of benzene rings is 2. The van der Waals surface area contributed by atoms with Gasteiger partial charge in [-0.3, -0.25) is 0 Å². The van der Waals surface area contributed by atoms with Gasteiger partial charge in [-0.25, -0.2) is 23.2 Å². The van der Waals surface area contributed by atoms with Gasteiger partial charge < -0.3 is 0 Å². The molecule has 2 aromatic carbocycles. The highest BCUT2D eigenvalue weighted by atomic mass is 32.2. The van der Waals surface area contributed by atoms with Gasteiger partial charge in [0.15, 0.2) is 0 Å². The highest BCUT2D eigenvalue weighted by Crippen LogP contribution is 2.26. The summed E-state index contributed by atoms with van der Waals surface area (Å²) in [5.41, 5.74) is 3.34. The van der Waals surface area contributed by atoms with Gasteiger partial charge in [0, 0.05) is 25.7 Å². The number of rotatable bonds is 4. The quantitative estimate of drug-likeness (QED) is 0.530. The van der Waals surface area contributed by atoms with E-state index in [0.717, 1.165) is 22.2 Å². The second-order valence-corrected chi connectivity index (χ2v) is 9.00. The zero-order valence-corrected chi connectivity index (χ0v) is 16.7. The first kappa shape index (κ1) is 18.3. The van der Waals surface area contributed by atoms with Crippen molar-refractivity contribution in [2.45, 2.75) is 11.8 Å². The molecule has 2 aromatic heterocycles. The van der Waals surface area contributed by atoms with Gasteiger partial charge in [0.25, 0.3) is 0 Å². The van der Waals surface area contributed by atoms with Crippen molar-refractivity contribution in [3.63, 3.8) is 0 Å². The molecule has 0 saturated carbocycles. The van der Waals surface area contributed by atoms with E-state index in [4.69, 9.17) is 0 Å². The summed E-state index contributed by atoms with van der Waals surface area (Å²) in [7, 11) is 0.794. The van der Waals surface area contributed by atoms with Crippen molar-refractivity contribution < 1.29 is 4.21 Å². The molecule has 0 saturated heterocycles. The molecule has 0 amide bonds. The predicted molar refractivity (Wildman–Crippen MR) is 110 cm³/mol. The van der Waals surface area contributed by atoms with Crippen LogP contribution in [0.25, 0.3) is 16.6 Å². The van der Waals surface area contributed by atoms with E-state index >= 15 is 0 Å². The molecule has 4 rings (SSSR count). The Morgan fingerprint density at radius 1 is 1.04 bits per heavy atom. The summed E-state index contributed by atoms with van der Waals surface area (Å²) >= 11 is 0. The fraction of sp³-hybridized carbons (Fsp3) is 0.150. The highest BCUT2D eigenvalue weighted by molar-refractivity contribution is 7.91. The monoisotopic (exact) mass is 392 g/mol. The van der Waals surface area contributed by atoms with Crippen LogP contribution in [-0.4, -0.2) is 42.4 Å². The molecule has 0 aliphatic heterocycles. The third-order valence-corrected chi connectivity index (χ3v) is 6.69. The lowest BCUT2D eigenvalue weighted by Crippen LogP contribution is -2.21. The first-order chi connectivity index (χ1) is 13.5. The Bertz CT molecular complexity index is 1240. The number of nitrogens with zero attached hydrogens (tertiary/aromatic N) is 6. The van der Waals surface area contributed by atoms with Crippen molar-refractivity contribution in [2.24, 2.45) is 4.36 Å². The topological polar surface area (TPSA) is 76.3 Å². The molecule has 0 N–H and O–H groups in total. The molecular weight excluding hydrogens is 372 g/mol. The zero-order chi connectivity index (χ0) is 19.7. The van der Waals surface area contributed by atoms with Gasteiger partial charge in [-0.2, -0.15) is 9.46 Å². The van der Waals surface area contributed by atoms with Crippen molar-refractivity contribution in [3.8, 4) is 5.69 Å². The van der Waals surface area contributed by atoms with Crippen LogP contribution < -0.4 is 0 Å². The Kier molecular flexibility index (Phi) is 4.66. The third-order valence-electron chi connectivity index (χ3n) is 4.35. The van der Waals surface area contributed by atoms with Crippen molar-refractivity contribution in [2.75, 3.05) is 14.1 Å². The molecule has 0 fully saturated rings. The van der Waals surface area contributed by atoms with E-state index in [9.17, 15) is 4.21 Å². The number of aromatic nitrogens is 4. The summed E-state index contributed by atoms with van der Waals surface area (Å²) in [6.07, 6.45) is 6.75. The largest absolute Gasteiger partial charge is 0.243 e. The molecule has 0 radical (unpaired) electrons. The van der Waals surface area contributed by atoms with Gasteiger partial charge in [-0.1, -0.05) is 17.7 Å². The minimum atomic E-state index is -2.76. The molecule has 142 valence electrons. The summed E-state index contributed by atoms with van der Waals surface area (Å²) in [5, 5.41) is 5.43. The molecule has 8 heteroatoms. The van der Waals surface area contributed by atoms with Crippen LogP contribution in [0.5, 0.6) is 0 Å². The lowest BCUT2D eigenvalue weighted by atomic mass is 10.2. The van der Waals surface area contributed by atoms with Crippen LogP contribution >= 0.6 is 0 Å². The zero-order valence-electron chi connectivity index (χ0n) is 15.9. The van der Waals surface area contributed by atoms with E-state index in [-0.39, 0.29) is 0 Å². The van der Waals surface area contributed by atoms with Crippen LogP contribution in [-0.2, 0) is 9.92 Å². The third kappa shape index (κ3) is 3.39. The average molecular weight is 392 g/mol. The maximum Gasteiger partial charge on any atom is 0.144 e. The number of hydrogen-bond donors (Lipinski definition) is 0. The van der Waals surface area contributed by atoms with Gasteiger partial charge in [-0.05, 0) is 37.3 Å². The summed E-state index contributed by atoms with van der Waals surface area (Å²) in [6, 6.07) is 13.2. The van der Waals surface area contributed by atoms with Crippen LogP contribution in [0.3, 0.4) is 0 Å². The fourth-order valence-electron chi connectivity index (χ4n) is 2.82.